The first-order chi connectivity index (χ1) is 9.02. The van der Waals surface area contributed by atoms with Crippen molar-refractivity contribution in [2.24, 2.45) is 17.6 Å². The highest BCUT2D eigenvalue weighted by molar-refractivity contribution is 7.85. The highest BCUT2D eigenvalue weighted by Crippen LogP contribution is 2.34. The lowest BCUT2D eigenvalue weighted by Crippen LogP contribution is -2.37. The first kappa shape index (κ1) is 14.7. The van der Waals surface area contributed by atoms with Gasteiger partial charge in [-0.05, 0) is 56.7 Å². The molecule has 1 aromatic carbocycles. The van der Waals surface area contributed by atoms with Crippen LogP contribution in [0.25, 0.3) is 0 Å². The van der Waals surface area contributed by atoms with Crippen molar-refractivity contribution in [3.8, 4) is 0 Å². The number of hydrogen-bond acceptors (Lipinski definition) is 2. The lowest BCUT2D eigenvalue weighted by molar-refractivity contribution is 0.302. The first-order valence-electron chi connectivity index (χ1n) is 7.20. The number of hydrogen-bond donors (Lipinski definition) is 1. The molecule has 1 saturated carbocycles. The molecular formula is C16H25NOS. The Balaban J connectivity index is 2.25. The van der Waals surface area contributed by atoms with Crippen molar-refractivity contribution in [1.29, 1.82) is 0 Å². The molecule has 1 aromatic rings. The zero-order valence-corrected chi connectivity index (χ0v) is 13.0. The molecule has 2 nitrogen and oxygen atoms in total. The lowest BCUT2D eigenvalue weighted by Gasteiger charge is -2.33. The number of nitrogens with two attached hydrogens (primary N) is 1. The summed E-state index contributed by atoms with van der Waals surface area (Å²) in [6.07, 6.45) is 3.39. The fourth-order valence-corrected chi connectivity index (χ4v) is 5.12. The van der Waals surface area contributed by atoms with Crippen LogP contribution < -0.4 is 5.73 Å². The third-order valence-corrected chi connectivity index (χ3v) is 6.33. The summed E-state index contributed by atoms with van der Waals surface area (Å²) in [4.78, 5) is 1.00. The summed E-state index contributed by atoms with van der Waals surface area (Å²) in [5.74, 6) is 1.08. The molecule has 0 spiro atoms. The summed E-state index contributed by atoms with van der Waals surface area (Å²) in [6.45, 7) is 7.06. The van der Waals surface area contributed by atoms with Gasteiger partial charge in [-0.1, -0.05) is 31.0 Å². The molecule has 4 atom stereocenters. The van der Waals surface area contributed by atoms with Crippen LogP contribution in [0.5, 0.6) is 0 Å². The van der Waals surface area contributed by atoms with Crippen molar-refractivity contribution in [2.75, 3.05) is 6.54 Å². The second kappa shape index (κ2) is 6.19. The topological polar surface area (TPSA) is 43.1 Å². The van der Waals surface area contributed by atoms with Gasteiger partial charge in [-0.15, -0.1) is 0 Å². The Morgan fingerprint density at radius 3 is 2.68 bits per heavy atom. The molecule has 0 radical (unpaired) electrons. The van der Waals surface area contributed by atoms with Gasteiger partial charge in [-0.2, -0.15) is 0 Å². The minimum absolute atomic E-state index is 0.232. The van der Waals surface area contributed by atoms with Crippen LogP contribution in [0.4, 0.5) is 0 Å². The molecular weight excluding hydrogens is 254 g/mol. The molecule has 0 amide bonds. The van der Waals surface area contributed by atoms with Crippen LogP contribution >= 0.6 is 0 Å². The maximum absolute atomic E-state index is 12.9. The van der Waals surface area contributed by atoms with Gasteiger partial charge in [0.2, 0.25) is 0 Å². The van der Waals surface area contributed by atoms with E-state index in [9.17, 15) is 4.21 Å². The van der Waals surface area contributed by atoms with Crippen molar-refractivity contribution in [3.63, 3.8) is 0 Å². The van der Waals surface area contributed by atoms with Gasteiger partial charge < -0.3 is 5.73 Å². The Bertz CT molecular complexity index is 472. The largest absolute Gasteiger partial charge is 0.330 e. The molecule has 106 valence electrons. The van der Waals surface area contributed by atoms with Crippen molar-refractivity contribution in [3.05, 3.63) is 29.3 Å². The number of benzene rings is 1. The van der Waals surface area contributed by atoms with E-state index in [1.165, 1.54) is 12.0 Å². The molecule has 0 aromatic heterocycles. The first-order valence-corrected chi connectivity index (χ1v) is 8.42. The number of aryl methyl sites for hydroxylation is 2. The van der Waals surface area contributed by atoms with Gasteiger partial charge in [0.25, 0.3) is 0 Å². The van der Waals surface area contributed by atoms with Gasteiger partial charge in [-0.3, -0.25) is 4.21 Å². The van der Waals surface area contributed by atoms with Crippen LogP contribution in [0, 0.1) is 25.7 Å². The van der Waals surface area contributed by atoms with E-state index in [4.69, 9.17) is 5.73 Å². The van der Waals surface area contributed by atoms with Crippen LogP contribution in [0.3, 0.4) is 0 Å². The van der Waals surface area contributed by atoms with Gasteiger partial charge >= 0.3 is 0 Å². The molecule has 1 aliphatic carbocycles. The Morgan fingerprint density at radius 2 is 2.05 bits per heavy atom. The molecule has 0 heterocycles. The Kier molecular flexibility index (Phi) is 4.80. The third-order valence-electron chi connectivity index (χ3n) is 4.32. The van der Waals surface area contributed by atoms with Crippen LogP contribution in [0.2, 0.25) is 0 Å². The average molecular weight is 279 g/mol. The van der Waals surface area contributed by atoms with Crippen molar-refractivity contribution >= 4 is 10.8 Å². The van der Waals surface area contributed by atoms with Crippen molar-refractivity contribution in [2.45, 2.75) is 50.2 Å². The molecule has 3 heteroatoms. The third kappa shape index (κ3) is 3.26. The van der Waals surface area contributed by atoms with E-state index in [0.29, 0.717) is 18.4 Å². The number of rotatable bonds is 3. The van der Waals surface area contributed by atoms with Gasteiger partial charge in [-0.25, -0.2) is 0 Å². The van der Waals surface area contributed by atoms with Crippen molar-refractivity contribution in [1.82, 2.24) is 0 Å². The van der Waals surface area contributed by atoms with E-state index in [2.05, 4.69) is 32.9 Å². The summed E-state index contributed by atoms with van der Waals surface area (Å²) < 4.78 is 12.9. The van der Waals surface area contributed by atoms with Crippen LogP contribution in [-0.2, 0) is 10.8 Å². The lowest BCUT2D eigenvalue weighted by atomic mass is 9.82. The Hall–Kier alpha value is -0.670. The van der Waals surface area contributed by atoms with Gasteiger partial charge in [0.05, 0.1) is 10.8 Å². The van der Waals surface area contributed by atoms with Crippen LogP contribution in [-0.4, -0.2) is 16.0 Å². The van der Waals surface area contributed by atoms with Gasteiger partial charge in [0.1, 0.15) is 0 Å². The van der Waals surface area contributed by atoms with Gasteiger partial charge in [0.15, 0.2) is 0 Å². The Morgan fingerprint density at radius 1 is 1.32 bits per heavy atom. The Labute approximate surface area is 119 Å². The molecule has 0 bridgehead atoms. The standard InChI is InChI=1S/C16H25NOS/c1-11-5-7-15(13(3)8-11)19(18)16-9-12(2)4-6-14(16)10-17/h5,7-8,12,14,16H,4,6,9-10,17H2,1-3H3. The van der Waals surface area contributed by atoms with E-state index in [0.717, 1.165) is 23.3 Å². The van der Waals surface area contributed by atoms with Crippen LogP contribution in [0.15, 0.2) is 23.1 Å². The maximum atomic E-state index is 12.9. The molecule has 1 fully saturated rings. The molecule has 2 rings (SSSR count). The highest BCUT2D eigenvalue weighted by Gasteiger charge is 2.33. The summed E-state index contributed by atoms with van der Waals surface area (Å²) in [5, 5.41) is 0.232. The molecule has 2 N–H and O–H groups in total. The molecule has 4 unspecified atom stereocenters. The van der Waals surface area contributed by atoms with Gasteiger partial charge in [0, 0.05) is 10.1 Å². The quantitative estimate of drug-likeness (QED) is 0.923. The summed E-state index contributed by atoms with van der Waals surface area (Å²) in [5.41, 5.74) is 8.26. The average Bonchev–Trinajstić information content (AvgIpc) is 2.38. The zero-order chi connectivity index (χ0) is 14.0. The van der Waals surface area contributed by atoms with Crippen molar-refractivity contribution < 1.29 is 4.21 Å². The summed E-state index contributed by atoms with van der Waals surface area (Å²) >= 11 is 0. The SMILES string of the molecule is Cc1ccc(S(=O)C2CC(C)CCC2CN)c(C)c1. The molecule has 0 aliphatic heterocycles. The fourth-order valence-electron chi connectivity index (χ4n) is 3.11. The minimum atomic E-state index is -0.920. The van der Waals surface area contributed by atoms with Crippen LogP contribution in [0.1, 0.15) is 37.3 Å². The monoisotopic (exact) mass is 279 g/mol. The predicted molar refractivity (Wildman–Crippen MR) is 81.7 cm³/mol. The molecule has 19 heavy (non-hydrogen) atoms. The molecule has 0 saturated heterocycles. The van der Waals surface area contributed by atoms with E-state index < -0.39 is 10.8 Å². The van der Waals surface area contributed by atoms with E-state index in [1.54, 1.807) is 0 Å². The second-order valence-corrected chi connectivity index (χ2v) is 7.66. The molecule has 1 aliphatic rings. The maximum Gasteiger partial charge on any atom is 0.0566 e. The summed E-state index contributed by atoms with van der Waals surface area (Å²) in [7, 11) is -0.920. The zero-order valence-electron chi connectivity index (χ0n) is 12.2. The highest BCUT2D eigenvalue weighted by atomic mass is 32.2. The normalized spacial score (nSPS) is 29.2. The minimum Gasteiger partial charge on any atom is -0.330 e. The van der Waals surface area contributed by atoms with E-state index in [1.807, 2.05) is 6.07 Å². The van der Waals surface area contributed by atoms with E-state index >= 15 is 0 Å². The fraction of sp³-hybridized carbons (Fsp3) is 0.625. The smallest absolute Gasteiger partial charge is 0.0566 e. The predicted octanol–water partition coefficient (Wildman–Crippen LogP) is 3.17. The van der Waals surface area contributed by atoms with E-state index in [-0.39, 0.29) is 5.25 Å². The summed E-state index contributed by atoms with van der Waals surface area (Å²) in [6, 6.07) is 6.22. The second-order valence-electron chi connectivity index (χ2n) is 6.02.